The molecule has 1 aliphatic rings. The van der Waals surface area contributed by atoms with Gasteiger partial charge in [-0.15, -0.1) is 0 Å². The maximum atomic E-state index is 6.08. The zero-order valence-electron chi connectivity index (χ0n) is 12.0. The first-order valence-electron chi connectivity index (χ1n) is 7.46. The van der Waals surface area contributed by atoms with Crippen LogP contribution in [0.15, 0.2) is 24.3 Å². The average Bonchev–Trinajstić information content (AvgIpc) is 2.86. The van der Waals surface area contributed by atoms with E-state index in [0.29, 0.717) is 12.1 Å². The van der Waals surface area contributed by atoms with E-state index in [2.05, 4.69) is 19.2 Å². The van der Waals surface area contributed by atoms with Gasteiger partial charge in [-0.1, -0.05) is 13.8 Å². The van der Waals surface area contributed by atoms with Gasteiger partial charge in [-0.25, -0.2) is 0 Å². The number of hydrogen-bond donors (Lipinski definition) is 1. The summed E-state index contributed by atoms with van der Waals surface area (Å²) in [4.78, 5) is 0. The number of likely N-dealkylation sites (N-methyl/N-ethyl adjacent to an activating group) is 1. The van der Waals surface area contributed by atoms with Gasteiger partial charge in [-0.3, -0.25) is 0 Å². The second-order valence-electron chi connectivity index (χ2n) is 5.07. The lowest BCUT2D eigenvalue weighted by atomic mass is 10.2. The Morgan fingerprint density at radius 2 is 1.84 bits per heavy atom. The Kier molecular flexibility index (Phi) is 5.52. The van der Waals surface area contributed by atoms with Gasteiger partial charge >= 0.3 is 0 Å². The predicted octanol–water partition coefficient (Wildman–Crippen LogP) is 3.38. The Balaban J connectivity index is 1.88. The molecule has 0 amide bonds. The number of benzene rings is 1. The van der Waals surface area contributed by atoms with Crippen LogP contribution >= 0.6 is 0 Å². The third-order valence-electron chi connectivity index (χ3n) is 3.50. The molecular formula is C16H25NO2. The van der Waals surface area contributed by atoms with Crippen molar-refractivity contribution in [1.82, 2.24) is 5.32 Å². The third kappa shape index (κ3) is 4.13. The number of rotatable bonds is 7. The van der Waals surface area contributed by atoms with Crippen molar-refractivity contribution in [3.05, 3.63) is 24.3 Å². The second kappa shape index (κ2) is 7.39. The Labute approximate surface area is 116 Å². The van der Waals surface area contributed by atoms with E-state index < -0.39 is 0 Å². The first-order valence-corrected chi connectivity index (χ1v) is 7.46. The molecule has 0 bridgehead atoms. The van der Waals surface area contributed by atoms with E-state index in [1.807, 2.05) is 24.3 Å². The molecule has 1 fully saturated rings. The summed E-state index contributed by atoms with van der Waals surface area (Å²) >= 11 is 0. The summed E-state index contributed by atoms with van der Waals surface area (Å²) in [6.07, 6.45) is 4.95. The van der Waals surface area contributed by atoms with Crippen LogP contribution in [0.4, 0.5) is 0 Å². The molecule has 0 spiro atoms. The van der Waals surface area contributed by atoms with Crippen LogP contribution in [-0.4, -0.2) is 25.3 Å². The van der Waals surface area contributed by atoms with Crippen LogP contribution in [0, 0.1) is 0 Å². The van der Waals surface area contributed by atoms with Crippen LogP contribution in [0.25, 0.3) is 0 Å². The number of nitrogens with one attached hydrogen (secondary N) is 1. The molecule has 2 atom stereocenters. The number of hydrogen-bond acceptors (Lipinski definition) is 3. The van der Waals surface area contributed by atoms with Crippen molar-refractivity contribution in [3.63, 3.8) is 0 Å². The Hall–Kier alpha value is -1.22. The Bertz CT molecular complexity index is 364. The normalized spacial score (nSPS) is 22.4. The minimum absolute atomic E-state index is 0.308. The molecule has 0 aromatic heterocycles. The highest BCUT2D eigenvalue weighted by molar-refractivity contribution is 5.31. The number of ether oxygens (including phenoxy) is 2. The van der Waals surface area contributed by atoms with Crippen LogP contribution < -0.4 is 14.8 Å². The van der Waals surface area contributed by atoms with Crippen molar-refractivity contribution in [1.29, 1.82) is 0 Å². The molecule has 3 heteroatoms. The smallest absolute Gasteiger partial charge is 0.120 e. The van der Waals surface area contributed by atoms with E-state index in [0.717, 1.165) is 37.5 Å². The zero-order chi connectivity index (χ0) is 13.5. The van der Waals surface area contributed by atoms with E-state index in [1.54, 1.807) is 0 Å². The molecule has 1 saturated carbocycles. The van der Waals surface area contributed by atoms with Gasteiger partial charge < -0.3 is 14.8 Å². The van der Waals surface area contributed by atoms with E-state index in [-0.39, 0.29) is 0 Å². The van der Waals surface area contributed by atoms with Crippen molar-refractivity contribution < 1.29 is 9.47 Å². The fourth-order valence-electron chi connectivity index (χ4n) is 2.57. The van der Waals surface area contributed by atoms with Gasteiger partial charge in [0.2, 0.25) is 0 Å². The quantitative estimate of drug-likeness (QED) is 0.818. The molecule has 3 nitrogen and oxygen atoms in total. The molecular weight excluding hydrogens is 238 g/mol. The van der Waals surface area contributed by atoms with E-state index >= 15 is 0 Å². The lowest BCUT2D eigenvalue weighted by Gasteiger charge is -2.22. The van der Waals surface area contributed by atoms with E-state index in [9.17, 15) is 0 Å². The minimum Gasteiger partial charge on any atom is -0.494 e. The van der Waals surface area contributed by atoms with Gasteiger partial charge in [0.15, 0.2) is 0 Å². The molecule has 1 aliphatic carbocycles. The lowest BCUT2D eigenvalue weighted by molar-refractivity contribution is 0.175. The van der Waals surface area contributed by atoms with Crippen LogP contribution in [-0.2, 0) is 0 Å². The highest BCUT2D eigenvalue weighted by Crippen LogP contribution is 2.26. The zero-order valence-corrected chi connectivity index (χ0v) is 12.0. The highest BCUT2D eigenvalue weighted by atomic mass is 16.5. The summed E-state index contributed by atoms with van der Waals surface area (Å²) in [7, 11) is 0. The van der Waals surface area contributed by atoms with Crippen LogP contribution in [0.1, 0.15) is 39.5 Å². The molecule has 19 heavy (non-hydrogen) atoms. The largest absolute Gasteiger partial charge is 0.494 e. The Morgan fingerprint density at radius 1 is 1.11 bits per heavy atom. The van der Waals surface area contributed by atoms with Gasteiger partial charge in [0, 0.05) is 6.04 Å². The van der Waals surface area contributed by atoms with Gasteiger partial charge in [0.1, 0.15) is 17.6 Å². The molecule has 1 aromatic rings. The van der Waals surface area contributed by atoms with Crippen molar-refractivity contribution in [2.45, 2.75) is 51.7 Å². The van der Waals surface area contributed by atoms with E-state index in [4.69, 9.17) is 9.47 Å². The maximum absolute atomic E-state index is 6.08. The van der Waals surface area contributed by atoms with Crippen molar-refractivity contribution in [3.8, 4) is 11.5 Å². The molecule has 0 saturated heterocycles. The summed E-state index contributed by atoms with van der Waals surface area (Å²) < 4.78 is 11.7. The molecule has 0 heterocycles. The van der Waals surface area contributed by atoms with Gasteiger partial charge in [0.05, 0.1) is 6.61 Å². The van der Waals surface area contributed by atoms with Crippen molar-refractivity contribution in [2.75, 3.05) is 13.2 Å². The minimum atomic E-state index is 0.308. The molecule has 0 aliphatic heterocycles. The lowest BCUT2D eigenvalue weighted by Crippen LogP contribution is -2.38. The summed E-state index contributed by atoms with van der Waals surface area (Å²) in [5.74, 6) is 1.86. The summed E-state index contributed by atoms with van der Waals surface area (Å²) in [5.41, 5.74) is 0. The average molecular weight is 263 g/mol. The van der Waals surface area contributed by atoms with Gasteiger partial charge in [-0.05, 0) is 56.5 Å². The monoisotopic (exact) mass is 263 g/mol. The summed E-state index contributed by atoms with van der Waals surface area (Å²) in [6.45, 7) is 6.04. The topological polar surface area (TPSA) is 30.5 Å². The molecule has 0 radical (unpaired) electrons. The molecule has 1 N–H and O–H groups in total. The van der Waals surface area contributed by atoms with E-state index in [1.165, 1.54) is 12.8 Å². The summed E-state index contributed by atoms with van der Waals surface area (Å²) in [5, 5.41) is 3.50. The highest BCUT2D eigenvalue weighted by Gasteiger charge is 2.27. The third-order valence-corrected chi connectivity index (χ3v) is 3.50. The van der Waals surface area contributed by atoms with Crippen LogP contribution in [0.5, 0.6) is 11.5 Å². The molecule has 1 aromatic carbocycles. The van der Waals surface area contributed by atoms with Crippen molar-refractivity contribution in [2.24, 2.45) is 0 Å². The molecule has 2 unspecified atom stereocenters. The predicted molar refractivity (Wildman–Crippen MR) is 78.0 cm³/mol. The van der Waals surface area contributed by atoms with Gasteiger partial charge in [0.25, 0.3) is 0 Å². The maximum Gasteiger partial charge on any atom is 0.120 e. The summed E-state index contributed by atoms with van der Waals surface area (Å²) in [6, 6.07) is 8.49. The first-order chi connectivity index (χ1) is 9.33. The van der Waals surface area contributed by atoms with Gasteiger partial charge in [-0.2, -0.15) is 0 Å². The SMILES string of the molecule is CCCOc1ccc(OC2CCCC2NCC)cc1. The molecule has 2 rings (SSSR count). The standard InChI is InChI=1S/C16H25NO2/c1-3-12-18-13-8-10-14(11-9-13)19-16-7-5-6-15(16)17-4-2/h8-11,15-17H,3-7,12H2,1-2H3. The fourth-order valence-corrected chi connectivity index (χ4v) is 2.57. The van der Waals surface area contributed by atoms with Crippen LogP contribution in [0.2, 0.25) is 0 Å². The Morgan fingerprint density at radius 3 is 2.53 bits per heavy atom. The molecule has 106 valence electrons. The second-order valence-corrected chi connectivity index (χ2v) is 5.07. The fraction of sp³-hybridized carbons (Fsp3) is 0.625. The van der Waals surface area contributed by atoms with Crippen LogP contribution in [0.3, 0.4) is 0 Å². The van der Waals surface area contributed by atoms with Crippen molar-refractivity contribution >= 4 is 0 Å². The first kappa shape index (κ1) is 14.2.